The summed E-state index contributed by atoms with van der Waals surface area (Å²) in [7, 11) is 0. The van der Waals surface area contributed by atoms with E-state index in [1.54, 1.807) is 0 Å². The lowest BCUT2D eigenvalue weighted by molar-refractivity contribution is 0.0857. The molecule has 0 aliphatic carbocycles. The van der Waals surface area contributed by atoms with Crippen molar-refractivity contribution < 1.29 is 4.84 Å². The van der Waals surface area contributed by atoms with Gasteiger partial charge >= 0.3 is 0 Å². The highest BCUT2D eigenvalue weighted by Crippen LogP contribution is 2.28. The Bertz CT molecular complexity index is 550. The summed E-state index contributed by atoms with van der Waals surface area (Å²) in [4.78, 5) is 5.29. The number of hydrogen-bond acceptors (Lipinski definition) is 3. The molecule has 1 aromatic heterocycles. The van der Waals surface area contributed by atoms with Gasteiger partial charge in [-0.05, 0) is 28.1 Å². The smallest absolute Gasteiger partial charge is 0.161 e. The van der Waals surface area contributed by atoms with Gasteiger partial charge in [0, 0.05) is 18.2 Å². The second-order valence-corrected chi connectivity index (χ2v) is 4.73. The molecule has 0 radical (unpaired) electrons. The molecular weight excluding hydrogens is 282 g/mol. The van der Waals surface area contributed by atoms with E-state index in [1.165, 1.54) is 0 Å². The Morgan fingerprint density at radius 1 is 1.29 bits per heavy atom. The summed E-state index contributed by atoms with van der Waals surface area (Å²) in [6.45, 7) is 0. The van der Waals surface area contributed by atoms with Crippen LogP contribution < -0.4 is 0 Å². The van der Waals surface area contributed by atoms with Crippen LogP contribution in [0.5, 0.6) is 0 Å². The molecule has 17 heavy (non-hydrogen) atoms. The molecule has 0 bridgehead atoms. The molecule has 2 aromatic rings. The van der Waals surface area contributed by atoms with Crippen molar-refractivity contribution in [1.29, 1.82) is 0 Å². The van der Waals surface area contributed by atoms with Gasteiger partial charge in [0.25, 0.3) is 0 Å². The average Bonchev–Trinajstić information content (AvgIpc) is 2.98. The number of rotatable bonds is 2. The topological polar surface area (TPSA) is 39.4 Å². The maximum atomic E-state index is 5.29. The highest BCUT2D eigenvalue weighted by Gasteiger charge is 2.22. The highest BCUT2D eigenvalue weighted by atomic mass is 79.9. The van der Waals surface area contributed by atoms with Crippen molar-refractivity contribution in [3.05, 3.63) is 48.3 Å². The minimum Gasteiger partial charge on any atom is -0.386 e. The summed E-state index contributed by atoms with van der Waals surface area (Å²) in [5, 5.41) is 8.20. The maximum Gasteiger partial charge on any atom is 0.161 e. The molecule has 1 atom stereocenters. The first-order valence-electron chi connectivity index (χ1n) is 5.31. The molecule has 0 saturated carbocycles. The molecule has 4 nitrogen and oxygen atoms in total. The number of oxime groups is 1. The van der Waals surface area contributed by atoms with Crippen LogP contribution in [0.2, 0.25) is 0 Å². The molecule has 0 saturated heterocycles. The summed E-state index contributed by atoms with van der Waals surface area (Å²) in [5.41, 5.74) is 2.07. The zero-order valence-electron chi connectivity index (χ0n) is 8.95. The standard InChI is InChI=1S/C12H10BrN3O/c13-12-6-11(17-15-12)9-7-14-16(8-9)10-4-2-1-3-5-10/h1-5,7-8,11H,6H2/t11-/m1/s1. The number of nitrogens with zero attached hydrogens (tertiary/aromatic N) is 3. The van der Waals surface area contributed by atoms with Crippen molar-refractivity contribution >= 4 is 20.6 Å². The minimum atomic E-state index is -0.0261. The summed E-state index contributed by atoms with van der Waals surface area (Å²) < 4.78 is 2.68. The van der Waals surface area contributed by atoms with E-state index in [0.29, 0.717) is 0 Å². The van der Waals surface area contributed by atoms with Crippen LogP contribution in [0.1, 0.15) is 18.1 Å². The lowest BCUT2D eigenvalue weighted by atomic mass is 10.1. The Morgan fingerprint density at radius 3 is 2.82 bits per heavy atom. The van der Waals surface area contributed by atoms with Gasteiger partial charge in [0.2, 0.25) is 0 Å². The van der Waals surface area contributed by atoms with Gasteiger partial charge in [0.15, 0.2) is 6.10 Å². The van der Waals surface area contributed by atoms with E-state index >= 15 is 0 Å². The molecule has 2 heterocycles. The molecule has 5 heteroatoms. The third-order valence-electron chi connectivity index (χ3n) is 2.63. The molecule has 0 N–H and O–H groups in total. The first kappa shape index (κ1) is 10.5. The zero-order valence-corrected chi connectivity index (χ0v) is 10.5. The lowest BCUT2D eigenvalue weighted by Gasteiger charge is -2.03. The monoisotopic (exact) mass is 291 g/mol. The normalized spacial score (nSPS) is 18.9. The summed E-state index contributed by atoms with van der Waals surface area (Å²) in [5.74, 6) is 0. The first-order chi connectivity index (χ1) is 8.33. The van der Waals surface area contributed by atoms with Crippen LogP contribution in [0.25, 0.3) is 5.69 Å². The first-order valence-corrected chi connectivity index (χ1v) is 6.10. The van der Waals surface area contributed by atoms with E-state index in [0.717, 1.165) is 22.3 Å². The van der Waals surface area contributed by atoms with E-state index in [1.807, 2.05) is 47.4 Å². The molecule has 0 unspecified atom stereocenters. The molecular formula is C12H10BrN3O. The minimum absolute atomic E-state index is 0.0261. The molecule has 0 spiro atoms. The third kappa shape index (κ3) is 2.10. The molecule has 1 aliphatic heterocycles. The van der Waals surface area contributed by atoms with Crippen molar-refractivity contribution in [2.24, 2.45) is 5.16 Å². The highest BCUT2D eigenvalue weighted by molar-refractivity contribution is 9.18. The number of aromatic nitrogens is 2. The molecule has 0 amide bonds. The van der Waals surface area contributed by atoms with E-state index in [-0.39, 0.29) is 6.10 Å². The summed E-state index contributed by atoms with van der Waals surface area (Å²) >= 11 is 3.33. The summed E-state index contributed by atoms with van der Waals surface area (Å²) in [6, 6.07) is 9.99. The van der Waals surface area contributed by atoms with Crippen molar-refractivity contribution in [3.63, 3.8) is 0 Å². The van der Waals surface area contributed by atoms with Crippen LogP contribution >= 0.6 is 15.9 Å². The van der Waals surface area contributed by atoms with Crippen LogP contribution in [0.15, 0.2) is 47.9 Å². The number of para-hydroxylation sites is 1. The predicted octanol–water partition coefficient (Wildman–Crippen LogP) is 3.04. The van der Waals surface area contributed by atoms with Crippen molar-refractivity contribution in [2.75, 3.05) is 0 Å². The largest absolute Gasteiger partial charge is 0.386 e. The number of benzene rings is 1. The van der Waals surface area contributed by atoms with E-state index in [4.69, 9.17) is 4.84 Å². The quantitative estimate of drug-likeness (QED) is 0.853. The van der Waals surface area contributed by atoms with Crippen LogP contribution in [0.3, 0.4) is 0 Å². The Hall–Kier alpha value is -1.62. The van der Waals surface area contributed by atoms with Gasteiger partial charge in [0.1, 0.15) is 4.62 Å². The average molecular weight is 292 g/mol. The van der Waals surface area contributed by atoms with Gasteiger partial charge < -0.3 is 4.84 Å². The summed E-state index contributed by atoms with van der Waals surface area (Å²) in [6.07, 6.45) is 4.53. The van der Waals surface area contributed by atoms with Gasteiger partial charge in [-0.2, -0.15) is 5.10 Å². The van der Waals surface area contributed by atoms with E-state index in [2.05, 4.69) is 26.2 Å². The second-order valence-electron chi connectivity index (χ2n) is 3.82. The van der Waals surface area contributed by atoms with Crippen molar-refractivity contribution in [1.82, 2.24) is 9.78 Å². The van der Waals surface area contributed by atoms with Crippen LogP contribution in [0, 0.1) is 0 Å². The maximum absolute atomic E-state index is 5.29. The van der Waals surface area contributed by atoms with Crippen molar-refractivity contribution in [3.8, 4) is 5.69 Å². The van der Waals surface area contributed by atoms with Gasteiger partial charge in [-0.3, -0.25) is 0 Å². The molecule has 3 rings (SSSR count). The molecule has 1 aliphatic rings. The third-order valence-corrected chi connectivity index (χ3v) is 3.10. The van der Waals surface area contributed by atoms with Gasteiger partial charge in [0.05, 0.1) is 11.9 Å². The molecule has 1 aromatic carbocycles. The fraction of sp³-hybridized carbons (Fsp3) is 0.167. The van der Waals surface area contributed by atoms with Crippen LogP contribution in [-0.4, -0.2) is 14.4 Å². The van der Waals surface area contributed by atoms with Gasteiger partial charge in [-0.1, -0.05) is 23.4 Å². The SMILES string of the molecule is BrC1=NO[C@@H](c2cnn(-c3ccccc3)c2)C1. The van der Waals surface area contributed by atoms with Gasteiger partial charge in [-0.15, -0.1) is 0 Å². The predicted molar refractivity (Wildman–Crippen MR) is 68.4 cm³/mol. The Morgan fingerprint density at radius 2 is 2.12 bits per heavy atom. The second kappa shape index (κ2) is 4.33. The van der Waals surface area contributed by atoms with Crippen LogP contribution in [0.4, 0.5) is 0 Å². The fourth-order valence-electron chi connectivity index (χ4n) is 1.75. The van der Waals surface area contributed by atoms with Gasteiger partial charge in [-0.25, -0.2) is 4.68 Å². The van der Waals surface area contributed by atoms with E-state index < -0.39 is 0 Å². The number of halogens is 1. The Balaban J connectivity index is 1.84. The number of hydrogen-bond donors (Lipinski definition) is 0. The van der Waals surface area contributed by atoms with E-state index in [9.17, 15) is 0 Å². The molecule has 86 valence electrons. The molecule has 0 fully saturated rings. The lowest BCUT2D eigenvalue weighted by Crippen LogP contribution is -1.96. The Labute approximate surface area is 107 Å². The zero-order chi connectivity index (χ0) is 11.7. The Kier molecular flexibility index (Phi) is 2.68. The van der Waals surface area contributed by atoms with Crippen LogP contribution in [-0.2, 0) is 4.84 Å². The fourth-order valence-corrected chi connectivity index (χ4v) is 2.13. The van der Waals surface area contributed by atoms with Crippen molar-refractivity contribution in [2.45, 2.75) is 12.5 Å².